The molecule has 0 radical (unpaired) electrons. The Kier molecular flexibility index (Phi) is 3.16. The molecule has 1 amide bonds. The van der Waals surface area contributed by atoms with Gasteiger partial charge in [-0.15, -0.1) is 0 Å². The van der Waals surface area contributed by atoms with Gasteiger partial charge in [0.1, 0.15) is 6.10 Å². The van der Waals surface area contributed by atoms with Crippen LogP contribution in [0.25, 0.3) is 0 Å². The van der Waals surface area contributed by atoms with Crippen LogP contribution in [0.1, 0.15) is 13.3 Å². The molecule has 0 saturated carbocycles. The Morgan fingerprint density at radius 3 is 2.62 bits per heavy atom. The maximum Gasteiger partial charge on any atom is 0.217 e. The van der Waals surface area contributed by atoms with Crippen LogP contribution >= 0.6 is 0 Å². The van der Waals surface area contributed by atoms with Gasteiger partial charge >= 0.3 is 0 Å². The largest absolute Gasteiger partial charge is 0.391 e. The predicted molar refractivity (Wildman–Crippen MR) is 55.6 cm³/mol. The molecule has 0 aromatic carbocycles. The third kappa shape index (κ3) is 1.93. The number of hydrogen-bond donors (Lipinski definition) is 4. The first-order valence-electron chi connectivity index (χ1n) is 5.56. The van der Waals surface area contributed by atoms with Gasteiger partial charge in [0, 0.05) is 20.0 Å². The van der Waals surface area contributed by atoms with Crippen molar-refractivity contribution in [3.63, 3.8) is 0 Å². The van der Waals surface area contributed by atoms with Crippen LogP contribution in [-0.2, 0) is 4.79 Å². The van der Waals surface area contributed by atoms with E-state index < -0.39 is 30.4 Å². The summed E-state index contributed by atoms with van der Waals surface area (Å²) in [6.45, 7) is 2.54. The van der Waals surface area contributed by atoms with Gasteiger partial charge < -0.3 is 20.6 Å². The standard InChI is InChI=1S/C10H18N2O4/c1-5(13)11-6-4-12-3-2-7(14)8(12)10(16)9(6)15/h6-10,14-16H,2-4H2,1H3,(H,11,13)/t6-,7+,8?,9?,10-/m1/s1. The van der Waals surface area contributed by atoms with Crippen molar-refractivity contribution in [3.05, 3.63) is 0 Å². The third-order valence-electron chi connectivity index (χ3n) is 3.46. The zero-order valence-electron chi connectivity index (χ0n) is 9.21. The van der Waals surface area contributed by atoms with Crippen LogP contribution in [0.2, 0.25) is 0 Å². The van der Waals surface area contributed by atoms with E-state index in [4.69, 9.17) is 0 Å². The van der Waals surface area contributed by atoms with Crippen LogP contribution in [0.4, 0.5) is 0 Å². The number of rotatable bonds is 1. The molecule has 2 saturated heterocycles. The predicted octanol–water partition coefficient (Wildman–Crippen LogP) is -2.34. The summed E-state index contributed by atoms with van der Waals surface area (Å²) in [5.74, 6) is -0.227. The van der Waals surface area contributed by atoms with Crippen LogP contribution < -0.4 is 5.32 Å². The first-order valence-corrected chi connectivity index (χ1v) is 5.56. The van der Waals surface area contributed by atoms with E-state index in [-0.39, 0.29) is 5.91 Å². The molecule has 2 aliphatic heterocycles. The van der Waals surface area contributed by atoms with E-state index in [1.165, 1.54) is 6.92 Å². The van der Waals surface area contributed by atoms with E-state index in [9.17, 15) is 20.1 Å². The van der Waals surface area contributed by atoms with E-state index in [2.05, 4.69) is 5.32 Å². The van der Waals surface area contributed by atoms with Gasteiger partial charge in [0.15, 0.2) is 0 Å². The zero-order chi connectivity index (χ0) is 11.9. The van der Waals surface area contributed by atoms with Crippen molar-refractivity contribution >= 4 is 5.91 Å². The number of nitrogens with zero attached hydrogens (tertiary/aromatic N) is 1. The molecule has 16 heavy (non-hydrogen) atoms. The highest BCUT2D eigenvalue weighted by Crippen LogP contribution is 2.28. The third-order valence-corrected chi connectivity index (χ3v) is 3.46. The number of piperidine rings is 1. The number of amides is 1. The Labute approximate surface area is 93.9 Å². The minimum absolute atomic E-state index is 0.227. The van der Waals surface area contributed by atoms with Crippen molar-refractivity contribution < 1.29 is 20.1 Å². The van der Waals surface area contributed by atoms with Gasteiger partial charge in [-0.25, -0.2) is 0 Å². The van der Waals surface area contributed by atoms with Crippen LogP contribution in [0.5, 0.6) is 0 Å². The molecular weight excluding hydrogens is 212 g/mol. The van der Waals surface area contributed by atoms with Crippen molar-refractivity contribution in [2.45, 2.75) is 43.7 Å². The molecule has 5 atom stereocenters. The van der Waals surface area contributed by atoms with Gasteiger partial charge in [-0.05, 0) is 6.42 Å². The summed E-state index contributed by atoms with van der Waals surface area (Å²) in [6.07, 6.45) is -2.02. The topological polar surface area (TPSA) is 93.0 Å². The van der Waals surface area contributed by atoms with Crippen LogP contribution in [0.3, 0.4) is 0 Å². The lowest BCUT2D eigenvalue weighted by atomic mass is 9.91. The summed E-state index contributed by atoms with van der Waals surface area (Å²) in [6, 6.07) is -0.867. The number of aliphatic hydroxyl groups is 3. The SMILES string of the molecule is CC(=O)N[C@@H]1CN2CC[C@H](O)C2[C@@H](O)C1O. The number of carbonyl (C=O) groups is 1. The highest BCUT2D eigenvalue weighted by Gasteiger charge is 2.48. The Balaban J connectivity index is 2.09. The van der Waals surface area contributed by atoms with E-state index >= 15 is 0 Å². The van der Waals surface area contributed by atoms with Gasteiger partial charge in [-0.3, -0.25) is 9.69 Å². The van der Waals surface area contributed by atoms with Crippen molar-refractivity contribution in [2.24, 2.45) is 0 Å². The summed E-state index contributed by atoms with van der Waals surface area (Å²) in [4.78, 5) is 12.9. The second-order valence-electron chi connectivity index (χ2n) is 4.63. The summed E-state index contributed by atoms with van der Waals surface area (Å²) < 4.78 is 0. The minimum atomic E-state index is -1.02. The number of nitrogens with one attached hydrogen (secondary N) is 1. The van der Waals surface area contributed by atoms with Gasteiger partial charge in [0.05, 0.1) is 24.3 Å². The van der Waals surface area contributed by atoms with E-state index in [0.717, 1.165) is 0 Å². The van der Waals surface area contributed by atoms with Crippen molar-refractivity contribution in [2.75, 3.05) is 13.1 Å². The molecule has 6 nitrogen and oxygen atoms in total. The number of aliphatic hydroxyl groups excluding tert-OH is 3. The molecule has 0 aromatic rings. The highest BCUT2D eigenvalue weighted by atomic mass is 16.3. The molecule has 2 rings (SSSR count). The number of hydrogen-bond acceptors (Lipinski definition) is 5. The average Bonchev–Trinajstić information content (AvgIpc) is 2.55. The molecule has 92 valence electrons. The van der Waals surface area contributed by atoms with Crippen LogP contribution in [0.15, 0.2) is 0 Å². The second-order valence-corrected chi connectivity index (χ2v) is 4.63. The van der Waals surface area contributed by atoms with E-state index in [1.807, 2.05) is 4.90 Å². The van der Waals surface area contributed by atoms with E-state index in [1.54, 1.807) is 0 Å². The Morgan fingerprint density at radius 1 is 1.31 bits per heavy atom. The van der Waals surface area contributed by atoms with Gasteiger partial charge in [-0.1, -0.05) is 0 Å². The second kappa shape index (κ2) is 4.29. The van der Waals surface area contributed by atoms with Crippen molar-refractivity contribution in [3.8, 4) is 0 Å². The number of fused-ring (bicyclic) bond motifs is 1. The highest BCUT2D eigenvalue weighted by molar-refractivity contribution is 5.73. The molecule has 0 aliphatic carbocycles. The van der Waals surface area contributed by atoms with Crippen molar-refractivity contribution in [1.82, 2.24) is 10.2 Å². The molecular formula is C10H18N2O4. The summed E-state index contributed by atoms with van der Waals surface area (Å²) in [5, 5.41) is 32.0. The molecule has 2 heterocycles. The maximum absolute atomic E-state index is 10.9. The van der Waals surface area contributed by atoms with E-state index in [0.29, 0.717) is 19.5 Å². The fraction of sp³-hybridized carbons (Fsp3) is 0.900. The molecule has 2 unspecified atom stereocenters. The van der Waals surface area contributed by atoms with Crippen molar-refractivity contribution in [1.29, 1.82) is 0 Å². The first-order chi connectivity index (χ1) is 7.50. The maximum atomic E-state index is 10.9. The molecule has 4 N–H and O–H groups in total. The lowest BCUT2D eigenvalue weighted by Crippen LogP contribution is -2.65. The summed E-state index contributed by atoms with van der Waals surface area (Å²) >= 11 is 0. The minimum Gasteiger partial charge on any atom is -0.391 e. The van der Waals surface area contributed by atoms with Crippen LogP contribution in [-0.4, -0.2) is 69.6 Å². The quantitative estimate of drug-likeness (QED) is 0.405. The van der Waals surface area contributed by atoms with Gasteiger partial charge in [0.2, 0.25) is 5.91 Å². The average molecular weight is 230 g/mol. The lowest BCUT2D eigenvalue weighted by Gasteiger charge is -2.42. The van der Waals surface area contributed by atoms with Gasteiger partial charge in [0.25, 0.3) is 0 Å². The zero-order valence-corrected chi connectivity index (χ0v) is 9.21. The lowest BCUT2D eigenvalue weighted by molar-refractivity contribution is -0.127. The normalized spacial score (nSPS) is 44.1. The molecule has 0 aromatic heterocycles. The summed E-state index contributed by atoms with van der Waals surface area (Å²) in [5.41, 5.74) is 0. The molecule has 2 fully saturated rings. The fourth-order valence-corrected chi connectivity index (χ4v) is 2.71. The smallest absolute Gasteiger partial charge is 0.217 e. The van der Waals surface area contributed by atoms with Gasteiger partial charge in [-0.2, -0.15) is 0 Å². The Hall–Kier alpha value is -0.690. The molecule has 0 bridgehead atoms. The molecule has 0 spiro atoms. The number of carbonyl (C=O) groups excluding carboxylic acids is 1. The monoisotopic (exact) mass is 230 g/mol. The fourth-order valence-electron chi connectivity index (χ4n) is 2.71. The Morgan fingerprint density at radius 2 is 2.00 bits per heavy atom. The Bertz CT molecular complexity index is 286. The molecule has 6 heteroatoms. The summed E-state index contributed by atoms with van der Waals surface area (Å²) in [7, 11) is 0. The molecule has 2 aliphatic rings. The van der Waals surface area contributed by atoms with Crippen LogP contribution in [0, 0.1) is 0 Å². The first kappa shape index (κ1) is 11.8.